The summed E-state index contributed by atoms with van der Waals surface area (Å²) in [5.74, 6) is 0.336. The molecule has 30 heavy (non-hydrogen) atoms. The Balaban J connectivity index is 1.62. The summed E-state index contributed by atoms with van der Waals surface area (Å²) in [7, 11) is 0. The second kappa shape index (κ2) is 9.62. The number of amides is 2. The summed E-state index contributed by atoms with van der Waals surface area (Å²) >= 11 is 3.47. The third-order valence-electron chi connectivity index (χ3n) is 4.70. The number of rotatable bonds is 6. The molecule has 1 aliphatic heterocycles. The van der Waals surface area contributed by atoms with E-state index in [-0.39, 0.29) is 17.9 Å². The van der Waals surface area contributed by atoms with E-state index in [0.717, 1.165) is 19.4 Å². The topological polar surface area (TPSA) is 76.7 Å². The maximum atomic E-state index is 12.7. The maximum absolute atomic E-state index is 12.7. The summed E-state index contributed by atoms with van der Waals surface area (Å²) in [6.45, 7) is 6.83. The van der Waals surface area contributed by atoms with Gasteiger partial charge in [-0.2, -0.15) is 0 Å². The van der Waals surface area contributed by atoms with E-state index in [9.17, 15) is 9.59 Å². The second-order valence-electron chi connectivity index (χ2n) is 8.33. The van der Waals surface area contributed by atoms with Crippen molar-refractivity contribution in [2.75, 3.05) is 23.8 Å². The van der Waals surface area contributed by atoms with Gasteiger partial charge in [0.1, 0.15) is 12.4 Å². The van der Waals surface area contributed by atoms with Crippen LogP contribution in [0.25, 0.3) is 0 Å². The molecule has 0 aliphatic carbocycles. The lowest BCUT2D eigenvalue weighted by Gasteiger charge is -2.18. The Labute approximate surface area is 185 Å². The van der Waals surface area contributed by atoms with E-state index in [4.69, 9.17) is 9.47 Å². The van der Waals surface area contributed by atoms with Gasteiger partial charge in [0.25, 0.3) is 5.91 Å². The molecule has 2 aromatic carbocycles. The van der Waals surface area contributed by atoms with Crippen LogP contribution in [0.3, 0.4) is 0 Å². The van der Waals surface area contributed by atoms with Crippen LogP contribution in [-0.2, 0) is 9.53 Å². The van der Waals surface area contributed by atoms with Crippen LogP contribution < -0.4 is 15.4 Å². The Morgan fingerprint density at radius 2 is 1.87 bits per heavy atom. The van der Waals surface area contributed by atoms with E-state index in [0.29, 0.717) is 33.8 Å². The average molecular weight is 475 g/mol. The van der Waals surface area contributed by atoms with Gasteiger partial charge in [-0.25, -0.2) is 0 Å². The molecule has 1 aliphatic rings. The van der Waals surface area contributed by atoms with Crippen LogP contribution in [-0.4, -0.2) is 31.1 Å². The molecule has 0 spiro atoms. The van der Waals surface area contributed by atoms with Gasteiger partial charge < -0.3 is 20.1 Å². The van der Waals surface area contributed by atoms with Gasteiger partial charge in [0.15, 0.2) is 0 Å². The zero-order chi connectivity index (χ0) is 21.7. The van der Waals surface area contributed by atoms with Gasteiger partial charge in [-0.3, -0.25) is 9.59 Å². The van der Waals surface area contributed by atoms with Crippen LogP contribution in [0.15, 0.2) is 46.9 Å². The number of carbonyl (C=O) groups excluding carboxylic acids is 2. The molecular formula is C23H27BrN2O4. The third kappa shape index (κ3) is 6.06. The molecule has 2 N–H and O–H groups in total. The standard InChI is InChI=1S/C23H27BrN2O4/c1-23(2,3)22(28)26-17-7-4-6-16(13-17)25-21(27)15-9-10-20(19(24)12-15)30-14-18-8-5-11-29-18/h4,6-7,9-10,12-13,18H,5,8,11,14H2,1-3H3,(H,25,27)(H,26,28). The normalized spacial score (nSPS) is 16.2. The van der Waals surface area contributed by atoms with E-state index in [1.54, 1.807) is 42.5 Å². The monoisotopic (exact) mass is 474 g/mol. The van der Waals surface area contributed by atoms with Crippen LogP contribution in [0.1, 0.15) is 44.0 Å². The first-order valence-electron chi connectivity index (χ1n) is 9.99. The van der Waals surface area contributed by atoms with Gasteiger partial charge in [0.05, 0.1) is 10.6 Å². The van der Waals surface area contributed by atoms with Crippen LogP contribution in [0.2, 0.25) is 0 Å². The van der Waals surface area contributed by atoms with E-state index < -0.39 is 5.41 Å². The Kier molecular flexibility index (Phi) is 7.15. The zero-order valence-corrected chi connectivity index (χ0v) is 19.0. The second-order valence-corrected chi connectivity index (χ2v) is 9.18. The molecule has 6 nitrogen and oxygen atoms in total. The van der Waals surface area contributed by atoms with Crippen molar-refractivity contribution in [2.45, 2.75) is 39.7 Å². The van der Waals surface area contributed by atoms with Crippen LogP contribution in [0, 0.1) is 5.41 Å². The third-order valence-corrected chi connectivity index (χ3v) is 5.32. The SMILES string of the molecule is CC(C)(C)C(=O)Nc1cccc(NC(=O)c2ccc(OCC3CCCO3)c(Br)c2)c1. The predicted molar refractivity (Wildman–Crippen MR) is 121 cm³/mol. The Hall–Kier alpha value is -2.38. The molecule has 0 saturated carbocycles. The quantitative estimate of drug-likeness (QED) is 0.599. The van der Waals surface area contributed by atoms with Crippen molar-refractivity contribution in [1.29, 1.82) is 0 Å². The summed E-state index contributed by atoms with van der Waals surface area (Å²) in [6.07, 6.45) is 2.20. The number of benzene rings is 2. The average Bonchev–Trinajstić information content (AvgIpc) is 3.20. The highest BCUT2D eigenvalue weighted by Crippen LogP contribution is 2.28. The number of ether oxygens (including phenoxy) is 2. The molecule has 0 radical (unpaired) electrons. The molecule has 2 amide bonds. The van der Waals surface area contributed by atoms with Gasteiger partial charge in [0.2, 0.25) is 5.91 Å². The molecular weight excluding hydrogens is 448 g/mol. The number of anilines is 2. The molecule has 160 valence electrons. The lowest BCUT2D eigenvalue weighted by molar-refractivity contribution is -0.123. The Bertz CT molecular complexity index is 918. The lowest BCUT2D eigenvalue weighted by Crippen LogP contribution is -2.27. The molecule has 1 atom stereocenters. The molecule has 3 rings (SSSR count). The smallest absolute Gasteiger partial charge is 0.255 e. The minimum absolute atomic E-state index is 0.0894. The fourth-order valence-electron chi connectivity index (χ4n) is 2.91. The van der Waals surface area contributed by atoms with Crippen molar-refractivity contribution in [3.8, 4) is 5.75 Å². The number of halogens is 1. The Morgan fingerprint density at radius 3 is 2.50 bits per heavy atom. The first-order valence-corrected chi connectivity index (χ1v) is 10.8. The molecule has 1 heterocycles. The number of hydrogen-bond donors (Lipinski definition) is 2. The maximum Gasteiger partial charge on any atom is 0.255 e. The van der Waals surface area contributed by atoms with E-state index >= 15 is 0 Å². The minimum Gasteiger partial charge on any atom is -0.490 e. The summed E-state index contributed by atoms with van der Waals surface area (Å²) in [6, 6.07) is 12.3. The first-order chi connectivity index (χ1) is 14.2. The summed E-state index contributed by atoms with van der Waals surface area (Å²) in [4.78, 5) is 24.8. The van der Waals surface area contributed by atoms with E-state index in [1.807, 2.05) is 20.8 Å². The first kappa shape index (κ1) is 22.3. The van der Waals surface area contributed by atoms with E-state index in [1.165, 1.54) is 0 Å². The summed E-state index contributed by atoms with van der Waals surface area (Å²) in [5, 5.41) is 5.73. The lowest BCUT2D eigenvalue weighted by atomic mass is 9.95. The van der Waals surface area contributed by atoms with Gasteiger partial charge in [-0.15, -0.1) is 0 Å². The van der Waals surface area contributed by atoms with E-state index in [2.05, 4.69) is 26.6 Å². The highest BCUT2D eigenvalue weighted by atomic mass is 79.9. The van der Waals surface area contributed by atoms with Crippen molar-refractivity contribution in [3.05, 3.63) is 52.5 Å². The van der Waals surface area contributed by atoms with Gasteiger partial charge in [-0.1, -0.05) is 26.8 Å². The van der Waals surface area contributed by atoms with Gasteiger partial charge in [0, 0.05) is 29.0 Å². The number of hydrogen-bond acceptors (Lipinski definition) is 4. The zero-order valence-electron chi connectivity index (χ0n) is 17.5. The number of nitrogens with one attached hydrogen (secondary N) is 2. The van der Waals surface area contributed by atoms with Crippen molar-refractivity contribution in [1.82, 2.24) is 0 Å². The predicted octanol–water partition coefficient (Wildman–Crippen LogP) is 5.24. The number of carbonyl (C=O) groups is 2. The van der Waals surface area contributed by atoms with Gasteiger partial charge >= 0.3 is 0 Å². The van der Waals surface area contributed by atoms with Gasteiger partial charge in [-0.05, 0) is 65.2 Å². The fourth-order valence-corrected chi connectivity index (χ4v) is 3.41. The minimum atomic E-state index is -0.501. The molecule has 1 unspecified atom stereocenters. The highest BCUT2D eigenvalue weighted by molar-refractivity contribution is 9.10. The highest BCUT2D eigenvalue weighted by Gasteiger charge is 2.21. The molecule has 1 fully saturated rings. The largest absolute Gasteiger partial charge is 0.490 e. The van der Waals surface area contributed by atoms with Crippen molar-refractivity contribution >= 4 is 39.1 Å². The van der Waals surface area contributed by atoms with Crippen LogP contribution in [0.5, 0.6) is 5.75 Å². The molecule has 0 aromatic heterocycles. The summed E-state index contributed by atoms with van der Waals surface area (Å²) in [5.41, 5.74) is 1.22. The fraction of sp³-hybridized carbons (Fsp3) is 0.391. The molecule has 1 saturated heterocycles. The van der Waals surface area contributed by atoms with Crippen LogP contribution >= 0.6 is 15.9 Å². The molecule has 0 bridgehead atoms. The van der Waals surface area contributed by atoms with Crippen LogP contribution in [0.4, 0.5) is 11.4 Å². The molecule has 2 aromatic rings. The van der Waals surface area contributed by atoms with Crippen molar-refractivity contribution < 1.29 is 19.1 Å². The molecule has 7 heteroatoms. The Morgan fingerprint density at radius 1 is 1.13 bits per heavy atom. The summed E-state index contributed by atoms with van der Waals surface area (Å²) < 4.78 is 12.1. The van der Waals surface area contributed by atoms with Crippen molar-refractivity contribution in [2.24, 2.45) is 5.41 Å². The van der Waals surface area contributed by atoms with Crippen molar-refractivity contribution in [3.63, 3.8) is 0 Å².